The number of nitrogens with one attached hydrogen (secondary N) is 1. The van der Waals surface area contributed by atoms with Crippen LogP contribution in [0.1, 0.15) is 31.2 Å². The molecule has 0 radical (unpaired) electrons. The molecule has 1 N–H and O–H groups in total. The Balaban J connectivity index is 1.96. The molecule has 21 heavy (non-hydrogen) atoms. The molecule has 1 aliphatic carbocycles. The van der Waals surface area contributed by atoms with Gasteiger partial charge in [-0.15, -0.1) is 0 Å². The van der Waals surface area contributed by atoms with Crippen LogP contribution in [-0.2, 0) is 20.2 Å². The Morgan fingerprint density at radius 2 is 2.10 bits per heavy atom. The second kappa shape index (κ2) is 6.46. The zero-order chi connectivity index (χ0) is 15.5. The molecule has 1 aromatic heterocycles. The first-order valence-corrected chi connectivity index (χ1v) is 9.83. The zero-order valence-electron chi connectivity index (χ0n) is 12.5. The number of thiophene rings is 1. The van der Waals surface area contributed by atoms with Gasteiger partial charge in [0.1, 0.15) is 0 Å². The Labute approximate surface area is 130 Å². The first-order chi connectivity index (χ1) is 9.83. The largest absolute Gasteiger partial charge is 0.354 e. The maximum absolute atomic E-state index is 12.0. The Morgan fingerprint density at radius 1 is 1.43 bits per heavy atom. The molecule has 0 unspecified atom stereocenters. The minimum absolute atomic E-state index is 0.0271. The molecule has 1 amide bonds. The highest BCUT2D eigenvalue weighted by atomic mass is 32.2. The van der Waals surface area contributed by atoms with Crippen LogP contribution < -0.4 is 5.32 Å². The molecule has 0 aromatic carbocycles. The fourth-order valence-corrected chi connectivity index (χ4v) is 3.96. The smallest absolute Gasteiger partial charge is 0.235 e. The van der Waals surface area contributed by atoms with Crippen molar-refractivity contribution in [2.75, 3.05) is 26.4 Å². The van der Waals surface area contributed by atoms with Gasteiger partial charge in [0.25, 0.3) is 0 Å². The average Bonchev–Trinajstić information content (AvgIpc) is 3.07. The van der Waals surface area contributed by atoms with Gasteiger partial charge in [0.05, 0.1) is 12.8 Å². The fraction of sp³-hybridized carbons (Fsp3) is 0.643. The van der Waals surface area contributed by atoms with E-state index >= 15 is 0 Å². The second-order valence-electron chi connectivity index (χ2n) is 5.80. The van der Waals surface area contributed by atoms with E-state index in [9.17, 15) is 13.2 Å². The van der Waals surface area contributed by atoms with Gasteiger partial charge in [-0.2, -0.15) is 15.6 Å². The van der Waals surface area contributed by atoms with Crippen LogP contribution in [0.2, 0.25) is 0 Å². The summed E-state index contributed by atoms with van der Waals surface area (Å²) in [7, 11) is -1.90. The summed E-state index contributed by atoms with van der Waals surface area (Å²) in [6.07, 6.45) is 5.60. The van der Waals surface area contributed by atoms with Crippen molar-refractivity contribution < 1.29 is 13.2 Å². The van der Waals surface area contributed by atoms with Crippen LogP contribution in [0.3, 0.4) is 0 Å². The van der Waals surface area contributed by atoms with E-state index in [1.54, 1.807) is 11.3 Å². The lowest BCUT2D eigenvalue weighted by atomic mass is 9.80. The van der Waals surface area contributed by atoms with Crippen molar-refractivity contribution in [2.24, 2.45) is 0 Å². The number of hydrogen-bond donors (Lipinski definition) is 1. The molecule has 1 saturated carbocycles. The molecule has 1 aliphatic rings. The quantitative estimate of drug-likeness (QED) is 0.861. The predicted molar refractivity (Wildman–Crippen MR) is 84.9 cm³/mol. The number of sulfonamides is 1. The summed E-state index contributed by atoms with van der Waals surface area (Å²) in [4.78, 5) is 12.0. The van der Waals surface area contributed by atoms with Crippen molar-refractivity contribution in [1.29, 1.82) is 0 Å². The highest BCUT2D eigenvalue weighted by Crippen LogP contribution is 2.41. The third-order valence-electron chi connectivity index (χ3n) is 4.25. The predicted octanol–water partition coefficient (Wildman–Crippen LogP) is 1.57. The molecule has 0 aliphatic heterocycles. The van der Waals surface area contributed by atoms with E-state index in [4.69, 9.17) is 0 Å². The van der Waals surface area contributed by atoms with Gasteiger partial charge in [0.2, 0.25) is 15.9 Å². The van der Waals surface area contributed by atoms with Crippen molar-refractivity contribution >= 4 is 27.3 Å². The van der Waals surface area contributed by atoms with Crippen LogP contribution >= 0.6 is 11.3 Å². The number of rotatable bonds is 6. The number of carbonyl (C=O) groups excluding carboxylic acids is 1. The van der Waals surface area contributed by atoms with E-state index in [1.165, 1.54) is 25.5 Å². The molecule has 0 atom stereocenters. The minimum Gasteiger partial charge on any atom is -0.354 e. The molecular formula is C14H22N2O3S2. The summed E-state index contributed by atoms with van der Waals surface area (Å²) in [6, 6.07) is 2.13. The van der Waals surface area contributed by atoms with Gasteiger partial charge in [-0.25, -0.2) is 8.42 Å². The first-order valence-electron chi connectivity index (χ1n) is 7.04. The summed E-state index contributed by atoms with van der Waals surface area (Å²) >= 11 is 1.67. The average molecular weight is 330 g/mol. The van der Waals surface area contributed by atoms with Crippen LogP contribution in [-0.4, -0.2) is 45.0 Å². The standard InChI is InChI=1S/C14H22N2O3S2/c1-16(21(2,18)19)9-13(17)15-11-14(6-3-4-7-14)12-5-8-20-10-12/h5,8,10H,3-4,6-7,9,11H2,1-2H3,(H,15,17). The van der Waals surface area contributed by atoms with Gasteiger partial charge in [0.15, 0.2) is 0 Å². The highest BCUT2D eigenvalue weighted by molar-refractivity contribution is 7.88. The summed E-state index contributed by atoms with van der Waals surface area (Å²) in [5.41, 5.74) is 1.32. The van der Waals surface area contributed by atoms with Gasteiger partial charge in [0, 0.05) is 19.0 Å². The number of nitrogens with zero attached hydrogens (tertiary/aromatic N) is 1. The van der Waals surface area contributed by atoms with E-state index in [-0.39, 0.29) is 17.9 Å². The van der Waals surface area contributed by atoms with Gasteiger partial charge < -0.3 is 5.32 Å². The maximum atomic E-state index is 12.0. The summed E-state index contributed by atoms with van der Waals surface area (Å²) in [5.74, 6) is -0.246. The van der Waals surface area contributed by atoms with E-state index in [0.29, 0.717) is 6.54 Å². The lowest BCUT2D eigenvalue weighted by Crippen LogP contribution is -2.43. The Hall–Kier alpha value is -0.920. The van der Waals surface area contributed by atoms with Crippen LogP contribution in [0.25, 0.3) is 0 Å². The Bertz CT molecular complexity index is 575. The zero-order valence-corrected chi connectivity index (χ0v) is 14.1. The number of carbonyl (C=O) groups is 1. The topological polar surface area (TPSA) is 66.5 Å². The van der Waals surface area contributed by atoms with Gasteiger partial charge in [-0.1, -0.05) is 12.8 Å². The van der Waals surface area contributed by atoms with E-state index < -0.39 is 10.0 Å². The van der Waals surface area contributed by atoms with Crippen LogP contribution in [0, 0.1) is 0 Å². The van der Waals surface area contributed by atoms with Crippen molar-refractivity contribution in [2.45, 2.75) is 31.1 Å². The van der Waals surface area contributed by atoms with Crippen molar-refractivity contribution in [3.63, 3.8) is 0 Å². The highest BCUT2D eigenvalue weighted by Gasteiger charge is 2.36. The molecule has 0 bridgehead atoms. The normalized spacial score (nSPS) is 18.0. The number of likely N-dealkylation sites (N-methyl/N-ethyl adjacent to an activating group) is 1. The Kier molecular flexibility index (Phi) is 5.06. The van der Waals surface area contributed by atoms with Crippen molar-refractivity contribution in [3.05, 3.63) is 22.4 Å². The van der Waals surface area contributed by atoms with Crippen LogP contribution in [0.5, 0.6) is 0 Å². The van der Waals surface area contributed by atoms with E-state index in [1.807, 2.05) is 0 Å². The summed E-state index contributed by atoms with van der Waals surface area (Å²) in [5, 5.41) is 7.13. The van der Waals surface area contributed by atoms with Gasteiger partial charge in [-0.3, -0.25) is 4.79 Å². The molecule has 1 heterocycles. The number of amides is 1. The third-order valence-corrected chi connectivity index (χ3v) is 6.20. The van der Waals surface area contributed by atoms with Gasteiger partial charge in [-0.05, 0) is 35.2 Å². The van der Waals surface area contributed by atoms with Crippen LogP contribution in [0.4, 0.5) is 0 Å². The monoisotopic (exact) mass is 330 g/mol. The molecule has 0 saturated heterocycles. The van der Waals surface area contributed by atoms with Crippen molar-refractivity contribution in [3.8, 4) is 0 Å². The lowest BCUT2D eigenvalue weighted by Gasteiger charge is -2.29. The molecule has 118 valence electrons. The first kappa shape index (κ1) is 16.5. The molecule has 0 spiro atoms. The van der Waals surface area contributed by atoms with Gasteiger partial charge >= 0.3 is 0 Å². The van der Waals surface area contributed by atoms with Crippen LogP contribution in [0.15, 0.2) is 16.8 Å². The number of hydrogen-bond acceptors (Lipinski definition) is 4. The van der Waals surface area contributed by atoms with Crippen molar-refractivity contribution in [1.82, 2.24) is 9.62 Å². The molecule has 5 nitrogen and oxygen atoms in total. The Morgan fingerprint density at radius 3 is 2.62 bits per heavy atom. The second-order valence-corrected chi connectivity index (χ2v) is 8.66. The lowest BCUT2D eigenvalue weighted by molar-refractivity contribution is -0.121. The molecule has 7 heteroatoms. The third kappa shape index (κ3) is 4.05. The van der Waals surface area contributed by atoms with E-state index in [2.05, 4.69) is 22.1 Å². The van der Waals surface area contributed by atoms with E-state index in [0.717, 1.165) is 23.4 Å². The fourth-order valence-electron chi connectivity index (χ4n) is 2.83. The summed E-state index contributed by atoms with van der Waals surface area (Å²) in [6.45, 7) is 0.457. The molecule has 1 fully saturated rings. The SMILES string of the molecule is CN(CC(=O)NCC1(c2ccsc2)CCCC1)S(C)(=O)=O. The molecular weight excluding hydrogens is 308 g/mol. The molecule has 2 rings (SSSR count). The summed E-state index contributed by atoms with van der Waals surface area (Å²) < 4.78 is 23.7. The molecule has 1 aromatic rings. The minimum atomic E-state index is -3.32. The maximum Gasteiger partial charge on any atom is 0.235 e.